The van der Waals surface area contributed by atoms with Crippen LogP contribution in [-0.4, -0.2) is 18.0 Å². The number of benzene rings is 1. The minimum absolute atomic E-state index is 0.167. The zero-order valence-corrected chi connectivity index (χ0v) is 11.7. The number of nitrogens with zero attached hydrogens (tertiary/aromatic N) is 1. The Morgan fingerprint density at radius 2 is 2.16 bits per heavy atom. The molecule has 2 N–H and O–H groups in total. The summed E-state index contributed by atoms with van der Waals surface area (Å²) in [5.74, 6) is 0.783. The summed E-state index contributed by atoms with van der Waals surface area (Å²) < 4.78 is 11.4. The van der Waals surface area contributed by atoms with Crippen molar-refractivity contribution in [3.8, 4) is 17.4 Å². The maximum absolute atomic E-state index is 11.3. The number of carbonyl (C=O) groups excluding carboxylic acids is 1. The predicted molar refractivity (Wildman–Crippen MR) is 73.5 cm³/mol. The molecular weight excluding hydrogens is 312 g/mol. The van der Waals surface area contributed by atoms with E-state index in [-0.39, 0.29) is 11.4 Å². The van der Waals surface area contributed by atoms with E-state index in [1.54, 1.807) is 37.4 Å². The van der Waals surface area contributed by atoms with Crippen molar-refractivity contribution in [2.24, 2.45) is 5.73 Å². The fraction of sp³-hybridized carbons (Fsp3) is 0.0769. The molecule has 1 heterocycles. The second kappa shape index (κ2) is 5.71. The van der Waals surface area contributed by atoms with Crippen molar-refractivity contribution >= 4 is 21.8 Å². The Kier molecular flexibility index (Phi) is 4.01. The van der Waals surface area contributed by atoms with Gasteiger partial charge in [-0.25, -0.2) is 4.98 Å². The standard InChI is InChI=1S/C13H11BrN2O3/c1-18-8-4-5-11(10(14)7-8)19-13-9(12(15)17)3-2-6-16-13/h2-7H,1H3,(H2,15,17). The van der Waals surface area contributed by atoms with Gasteiger partial charge in [-0.1, -0.05) is 0 Å². The smallest absolute Gasteiger partial charge is 0.254 e. The molecule has 2 aromatic rings. The fourth-order valence-electron chi connectivity index (χ4n) is 1.46. The molecular formula is C13H11BrN2O3. The summed E-state index contributed by atoms with van der Waals surface area (Å²) in [5.41, 5.74) is 5.49. The SMILES string of the molecule is COc1ccc(Oc2ncccc2C(N)=O)c(Br)c1. The van der Waals surface area contributed by atoms with Crippen molar-refractivity contribution in [2.75, 3.05) is 7.11 Å². The summed E-state index contributed by atoms with van der Waals surface area (Å²) in [7, 11) is 1.58. The number of rotatable bonds is 4. The number of halogens is 1. The van der Waals surface area contributed by atoms with E-state index < -0.39 is 5.91 Å². The van der Waals surface area contributed by atoms with Crippen LogP contribution < -0.4 is 15.2 Å². The molecule has 0 saturated carbocycles. The van der Waals surface area contributed by atoms with Gasteiger partial charge >= 0.3 is 0 Å². The van der Waals surface area contributed by atoms with Gasteiger partial charge in [0.2, 0.25) is 5.88 Å². The van der Waals surface area contributed by atoms with Crippen molar-refractivity contribution in [1.29, 1.82) is 0 Å². The van der Waals surface area contributed by atoms with E-state index in [9.17, 15) is 4.79 Å². The first kappa shape index (κ1) is 13.4. The molecule has 0 atom stereocenters. The van der Waals surface area contributed by atoms with E-state index in [0.717, 1.165) is 0 Å². The number of aromatic nitrogens is 1. The van der Waals surface area contributed by atoms with Crippen molar-refractivity contribution in [3.05, 3.63) is 46.6 Å². The number of hydrogen-bond donors (Lipinski definition) is 1. The topological polar surface area (TPSA) is 74.4 Å². The van der Waals surface area contributed by atoms with Gasteiger partial charge in [0.1, 0.15) is 17.1 Å². The maximum Gasteiger partial charge on any atom is 0.254 e. The quantitative estimate of drug-likeness (QED) is 0.939. The summed E-state index contributed by atoms with van der Waals surface area (Å²) in [6.45, 7) is 0. The van der Waals surface area contributed by atoms with Crippen LogP contribution in [0.4, 0.5) is 0 Å². The third kappa shape index (κ3) is 3.03. The van der Waals surface area contributed by atoms with E-state index in [0.29, 0.717) is 16.0 Å². The lowest BCUT2D eigenvalue weighted by atomic mass is 10.2. The van der Waals surface area contributed by atoms with Gasteiger partial charge in [0.15, 0.2) is 0 Å². The van der Waals surface area contributed by atoms with Crippen molar-refractivity contribution < 1.29 is 14.3 Å². The van der Waals surface area contributed by atoms with Crippen LogP contribution in [0.5, 0.6) is 17.4 Å². The zero-order valence-electron chi connectivity index (χ0n) is 10.1. The van der Waals surface area contributed by atoms with E-state index in [1.807, 2.05) is 0 Å². The van der Waals surface area contributed by atoms with E-state index >= 15 is 0 Å². The van der Waals surface area contributed by atoms with Crippen LogP contribution in [0.3, 0.4) is 0 Å². The molecule has 2 rings (SSSR count). The Morgan fingerprint density at radius 3 is 2.79 bits per heavy atom. The minimum atomic E-state index is -0.590. The highest BCUT2D eigenvalue weighted by atomic mass is 79.9. The van der Waals surface area contributed by atoms with E-state index in [2.05, 4.69) is 20.9 Å². The lowest BCUT2D eigenvalue weighted by Gasteiger charge is -2.10. The van der Waals surface area contributed by atoms with E-state index in [4.69, 9.17) is 15.2 Å². The lowest BCUT2D eigenvalue weighted by molar-refractivity contribution is 0.0997. The maximum atomic E-state index is 11.3. The lowest BCUT2D eigenvalue weighted by Crippen LogP contribution is -2.12. The highest BCUT2D eigenvalue weighted by molar-refractivity contribution is 9.10. The molecule has 1 aromatic carbocycles. The van der Waals surface area contributed by atoms with Gasteiger partial charge in [-0.2, -0.15) is 0 Å². The summed E-state index contributed by atoms with van der Waals surface area (Å²) in [6, 6.07) is 8.38. The molecule has 19 heavy (non-hydrogen) atoms. The molecule has 0 aliphatic rings. The van der Waals surface area contributed by atoms with Gasteiger partial charge in [-0.05, 0) is 46.3 Å². The van der Waals surface area contributed by atoms with Crippen LogP contribution in [-0.2, 0) is 0 Å². The Balaban J connectivity index is 2.34. The molecule has 1 amide bonds. The average Bonchev–Trinajstić information content (AvgIpc) is 2.41. The molecule has 0 spiro atoms. The van der Waals surface area contributed by atoms with Crippen LogP contribution in [0.2, 0.25) is 0 Å². The van der Waals surface area contributed by atoms with E-state index in [1.165, 1.54) is 6.20 Å². The number of amides is 1. The Morgan fingerprint density at radius 1 is 1.37 bits per heavy atom. The fourth-order valence-corrected chi connectivity index (χ4v) is 1.89. The zero-order chi connectivity index (χ0) is 13.8. The molecule has 0 radical (unpaired) electrons. The normalized spacial score (nSPS) is 10.0. The number of ether oxygens (including phenoxy) is 2. The summed E-state index contributed by atoms with van der Waals surface area (Å²) in [5, 5.41) is 0. The summed E-state index contributed by atoms with van der Waals surface area (Å²) in [6.07, 6.45) is 1.53. The molecule has 5 nitrogen and oxygen atoms in total. The average molecular weight is 323 g/mol. The number of pyridine rings is 1. The molecule has 6 heteroatoms. The first-order valence-electron chi connectivity index (χ1n) is 5.38. The van der Waals surface area contributed by atoms with Gasteiger partial charge in [-0.15, -0.1) is 0 Å². The van der Waals surface area contributed by atoms with Crippen molar-refractivity contribution in [3.63, 3.8) is 0 Å². The number of methoxy groups -OCH3 is 1. The van der Waals surface area contributed by atoms with Gasteiger partial charge in [-0.3, -0.25) is 4.79 Å². The van der Waals surface area contributed by atoms with Gasteiger partial charge in [0.05, 0.1) is 11.6 Å². The highest BCUT2D eigenvalue weighted by Gasteiger charge is 2.12. The number of hydrogen-bond acceptors (Lipinski definition) is 4. The molecule has 1 aromatic heterocycles. The van der Waals surface area contributed by atoms with Crippen LogP contribution in [0, 0.1) is 0 Å². The Bertz CT molecular complexity index is 617. The minimum Gasteiger partial charge on any atom is -0.497 e. The van der Waals surface area contributed by atoms with Gasteiger partial charge in [0.25, 0.3) is 5.91 Å². The van der Waals surface area contributed by atoms with Crippen molar-refractivity contribution in [2.45, 2.75) is 0 Å². The highest BCUT2D eigenvalue weighted by Crippen LogP contribution is 2.32. The van der Waals surface area contributed by atoms with Crippen LogP contribution >= 0.6 is 15.9 Å². The van der Waals surface area contributed by atoms with Gasteiger partial charge < -0.3 is 15.2 Å². The molecule has 0 saturated heterocycles. The third-order valence-corrected chi connectivity index (χ3v) is 3.00. The largest absolute Gasteiger partial charge is 0.497 e. The molecule has 0 fully saturated rings. The second-order valence-electron chi connectivity index (χ2n) is 3.62. The first-order valence-corrected chi connectivity index (χ1v) is 6.17. The van der Waals surface area contributed by atoms with Gasteiger partial charge in [0, 0.05) is 6.20 Å². The number of carbonyl (C=O) groups is 1. The summed E-state index contributed by atoms with van der Waals surface area (Å²) in [4.78, 5) is 15.3. The molecule has 0 aliphatic heterocycles. The molecule has 98 valence electrons. The summed E-state index contributed by atoms with van der Waals surface area (Å²) >= 11 is 3.36. The first-order chi connectivity index (χ1) is 9.11. The molecule has 0 bridgehead atoms. The third-order valence-electron chi connectivity index (χ3n) is 2.38. The molecule has 0 aliphatic carbocycles. The second-order valence-corrected chi connectivity index (χ2v) is 4.47. The Hall–Kier alpha value is -2.08. The van der Waals surface area contributed by atoms with Crippen LogP contribution in [0.25, 0.3) is 0 Å². The van der Waals surface area contributed by atoms with Crippen LogP contribution in [0.15, 0.2) is 41.0 Å². The van der Waals surface area contributed by atoms with Crippen molar-refractivity contribution in [1.82, 2.24) is 4.98 Å². The monoisotopic (exact) mass is 322 g/mol. The van der Waals surface area contributed by atoms with Crippen LogP contribution in [0.1, 0.15) is 10.4 Å². The number of nitrogens with two attached hydrogens (primary N) is 1. The predicted octanol–water partition coefficient (Wildman–Crippen LogP) is 2.74. The molecule has 0 unspecified atom stereocenters. The number of primary amides is 1. The Labute approximate surface area is 118 Å².